The number of benzene rings is 1. The van der Waals surface area contributed by atoms with Crippen LogP contribution in [0.2, 0.25) is 0 Å². The van der Waals surface area contributed by atoms with E-state index in [9.17, 15) is 14.9 Å². The molecule has 0 saturated carbocycles. The summed E-state index contributed by atoms with van der Waals surface area (Å²) in [5.41, 5.74) is 0.493. The van der Waals surface area contributed by atoms with Crippen LogP contribution < -0.4 is 5.32 Å². The van der Waals surface area contributed by atoms with E-state index in [4.69, 9.17) is 0 Å². The van der Waals surface area contributed by atoms with E-state index in [0.29, 0.717) is 11.3 Å². The highest BCUT2D eigenvalue weighted by Crippen LogP contribution is 2.26. The molecule has 0 spiro atoms. The molecule has 0 saturated heterocycles. The smallest absolute Gasteiger partial charge is 0.270 e. The van der Waals surface area contributed by atoms with E-state index in [-0.39, 0.29) is 17.1 Å². The second kappa shape index (κ2) is 5.90. The Balaban J connectivity index is 3.26. The van der Waals surface area contributed by atoms with E-state index in [1.165, 1.54) is 12.1 Å². The molecule has 0 aliphatic rings. The number of carbonyl (C=O) groups excluding carboxylic acids is 1. The summed E-state index contributed by atoms with van der Waals surface area (Å²) in [6.07, 6.45) is 0.791. The highest BCUT2D eigenvalue weighted by molar-refractivity contribution is 6.00. The number of nitro benzene ring substituents is 1. The van der Waals surface area contributed by atoms with Crippen molar-refractivity contribution >= 4 is 17.3 Å². The van der Waals surface area contributed by atoms with Crippen LogP contribution in [0.1, 0.15) is 37.6 Å². The summed E-state index contributed by atoms with van der Waals surface area (Å²) in [4.78, 5) is 24.5. The molecular weight excluding hydrogens is 258 g/mol. The Morgan fingerprint density at radius 3 is 2.50 bits per heavy atom. The monoisotopic (exact) mass is 279 g/mol. The van der Waals surface area contributed by atoms with Crippen molar-refractivity contribution in [1.29, 1.82) is 0 Å². The van der Waals surface area contributed by atoms with Gasteiger partial charge in [0.05, 0.1) is 10.5 Å². The van der Waals surface area contributed by atoms with Gasteiger partial charge in [-0.3, -0.25) is 14.9 Å². The van der Waals surface area contributed by atoms with Gasteiger partial charge in [0, 0.05) is 37.5 Å². The van der Waals surface area contributed by atoms with Crippen LogP contribution in [0, 0.1) is 10.1 Å². The van der Waals surface area contributed by atoms with Gasteiger partial charge in [0.25, 0.3) is 11.6 Å². The lowest BCUT2D eigenvalue weighted by Crippen LogP contribution is -2.44. The number of carbonyl (C=O) groups is 1. The quantitative estimate of drug-likeness (QED) is 0.664. The lowest BCUT2D eigenvalue weighted by Gasteiger charge is -2.35. The molecule has 0 heterocycles. The number of anilines is 1. The van der Waals surface area contributed by atoms with Crippen molar-refractivity contribution in [2.45, 2.75) is 32.7 Å². The number of hydrogen-bond donors (Lipinski definition) is 1. The Morgan fingerprint density at radius 2 is 2.05 bits per heavy atom. The lowest BCUT2D eigenvalue weighted by molar-refractivity contribution is -0.384. The standard InChI is InChI=1S/C14H21N3O3/c1-6-14(2,3)16(5)13(18)11-9-10(17(19)20)7-8-12(11)15-4/h7-9,15H,6H2,1-5H3. The number of nitrogens with zero attached hydrogens (tertiary/aromatic N) is 2. The van der Waals surface area contributed by atoms with E-state index >= 15 is 0 Å². The number of rotatable bonds is 5. The molecule has 0 aliphatic carbocycles. The molecule has 0 fully saturated rings. The van der Waals surface area contributed by atoms with Crippen LogP contribution in [0.15, 0.2) is 18.2 Å². The van der Waals surface area contributed by atoms with E-state index in [0.717, 1.165) is 6.42 Å². The molecule has 0 aliphatic heterocycles. The SMILES string of the molecule is CCC(C)(C)N(C)C(=O)c1cc([N+](=O)[O-])ccc1NC. The van der Waals surface area contributed by atoms with E-state index in [1.54, 1.807) is 25.1 Å². The zero-order chi connectivity index (χ0) is 15.5. The molecular formula is C14H21N3O3. The van der Waals surface area contributed by atoms with Crippen LogP contribution in [0.25, 0.3) is 0 Å². The number of hydrogen-bond acceptors (Lipinski definition) is 4. The molecule has 1 N–H and O–H groups in total. The van der Waals surface area contributed by atoms with Crippen LogP contribution in [0.3, 0.4) is 0 Å². The summed E-state index contributed by atoms with van der Waals surface area (Å²) in [7, 11) is 3.40. The Labute approximate surface area is 118 Å². The van der Waals surface area contributed by atoms with Crippen molar-refractivity contribution in [2.75, 3.05) is 19.4 Å². The Bertz CT molecular complexity index is 526. The van der Waals surface area contributed by atoms with Crippen molar-refractivity contribution < 1.29 is 9.72 Å². The van der Waals surface area contributed by atoms with Gasteiger partial charge in [0.2, 0.25) is 0 Å². The summed E-state index contributed by atoms with van der Waals surface area (Å²) >= 11 is 0. The predicted octanol–water partition coefficient (Wildman–Crippen LogP) is 2.90. The second-order valence-electron chi connectivity index (χ2n) is 5.27. The van der Waals surface area contributed by atoms with Crippen LogP contribution in [-0.2, 0) is 0 Å². The molecule has 1 aromatic rings. The second-order valence-corrected chi connectivity index (χ2v) is 5.27. The minimum atomic E-state index is -0.499. The van der Waals surface area contributed by atoms with Gasteiger partial charge in [-0.15, -0.1) is 0 Å². The van der Waals surface area contributed by atoms with Crippen molar-refractivity contribution in [3.05, 3.63) is 33.9 Å². The average Bonchev–Trinajstić information content (AvgIpc) is 2.44. The number of amides is 1. The number of nitrogens with one attached hydrogen (secondary N) is 1. The van der Waals surface area contributed by atoms with Crippen LogP contribution in [0.4, 0.5) is 11.4 Å². The molecule has 110 valence electrons. The number of nitro groups is 1. The van der Waals surface area contributed by atoms with Crippen LogP contribution >= 0.6 is 0 Å². The normalized spacial score (nSPS) is 11.1. The summed E-state index contributed by atoms with van der Waals surface area (Å²) < 4.78 is 0. The highest BCUT2D eigenvalue weighted by atomic mass is 16.6. The lowest BCUT2D eigenvalue weighted by atomic mass is 9.98. The third-order valence-electron chi connectivity index (χ3n) is 3.79. The predicted molar refractivity (Wildman–Crippen MR) is 79.1 cm³/mol. The summed E-state index contributed by atoms with van der Waals surface area (Å²) in [6.45, 7) is 5.92. The molecule has 1 rings (SSSR count). The van der Waals surface area contributed by atoms with Gasteiger partial charge in [0.1, 0.15) is 0 Å². The Hall–Kier alpha value is -2.11. The molecule has 0 atom stereocenters. The molecule has 20 heavy (non-hydrogen) atoms. The van der Waals surface area contributed by atoms with Gasteiger partial charge in [-0.05, 0) is 26.3 Å². The maximum Gasteiger partial charge on any atom is 0.270 e. The van der Waals surface area contributed by atoms with E-state index < -0.39 is 4.92 Å². The fourth-order valence-corrected chi connectivity index (χ4v) is 1.73. The molecule has 0 unspecified atom stereocenters. The van der Waals surface area contributed by atoms with Crippen LogP contribution in [-0.4, -0.2) is 35.4 Å². The summed E-state index contributed by atoms with van der Waals surface area (Å²) in [5, 5.41) is 13.8. The maximum atomic E-state index is 12.6. The molecule has 1 amide bonds. The first-order valence-corrected chi connectivity index (χ1v) is 6.49. The largest absolute Gasteiger partial charge is 0.387 e. The zero-order valence-electron chi connectivity index (χ0n) is 12.6. The molecule has 6 nitrogen and oxygen atoms in total. The Morgan fingerprint density at radius 1 is 1.45 bits per heavy atom. The summed E-state index contributed by atoms with van der Waals surface area (Å²) in [5.74, 6) is -0.232. The van der Waals surface area contributed by atoms with Gasteiger partial charge in [-0.1, -0.05) is 6.92 Å². The first-order valence-electron chi connectivity index (χ1n) is 6.49. The van der Waals surface area contributed by atoms with Crippen molar-refractivity contribution in [2.24, 2.45) is 0 Å². The van der Waals surface area contributed by atoms with Gasteiger partial charge in [0.15, 0.2) is 0 Å². The van der Waals surface area contributed by atoms with E-state index in [2.05, 4.69) is 5.32 Å². The maximum absolute atomic E-state index is 12.6. The number of non-ortho nitro benzene ring substituents is 1. The Kier molecular flexibility index (Phi) is 4.70. The third-order valence-corrected chi connectivity index (χ3v) is 3.79. The average molecular weight is 279 g/mol. The minimum absolute atomic E-state index is 0.0879. The molecule has 0 radical (unpaired) electrons. The van der Waals surface area contributed by atoms with Crippen molar-refractivity contribution in [3.63, 3.8) is 0 Å². The topological polar surface area (TPSA) is 75.5 Å². The molecule has 6 heteroatoms. The summed E-state index contributed by atoms with van der Waals surface area (Å²) in [6, 6.07) is 4.25. The van der Waals surface area contributed by atoms with E-state index in [1.807, 2.05) is 20.8 Å². The van der Waals surface area contributed by atoms with Gasteiger partial charge in [-0.25, -0.2) is 0 Å². The molecule has 0 bridgehead atoms. The molecule has 1 aromatic carbocycles. The highest BCUT2D eigenvalue weighted by Gasteiger charge is 2.28. The van der Waals surface area contributed by atoms with Gasteiger partial charge >= 0.3 is 0 Å². The fraction of sp³-hybridized carbons (Fsp3) is 0.500. The minimum Gasteiger partial charge on any atom is -0.387 e. The van der Waals surface area contributed by atoms with Gasteiger partial charge < -0.3 is 10.2 Å². The molecule has 0 aromatic heterocycles. The first-order chi connectivity index (χ1) is 9.24. The van der Waals surface area contributed by atoms with Crippen molar-refractivity contribution in [3.8, 4) is 0 Å². The van der Waals surface area contributed by atoms with Gasteiger partial charge in [-0.2, -0.15) is 0 Å². The zero-order valence-corrected chi connectivity index (χ0v) is 12.6. The first kappa shape index (κ1) is 15.9. The third kappa shape index (κ3) is 3.07. The van der Waals surface area contributed by atoms with Crippen LogP contribution in [0.5, 0.6) is 0 Å². The van der Waals surface area contributed by atoms with Crippen molar-refractivity contribution in [1.82, 2.24) is 4.90 Å². The fourth-order valence-electron chi connectivity index (χ4n) is 1.73.